The lowest BCUT2D eigenvalue weighted by Crippen LogP contribution is -2.64. The highest BCUT2D eigenvalue weighted by Crippen LogP contribution is 2.29. The zero-order chi connectivity index (χ0) is 11.9. The Morgan fingerprint density at radius 1 is 1.50 bits per heavy atom. The Labute approximate surface area is 102 Å². The molecule has 7 heteroatoms. The minimum Gasteiger partial charge on any atom is -0.341 e. The molecule has 1 N–H and O–H groups in total. The number of piperazine rings is 1. The first-order chi connectivity index (χ1) is 7.56. The fraction of sp³-hybridized carbons (Fsp3) is 0.667. The van der Waals surface area contributed by atoms with E-state index in [0.29, 0.717) is 5.75 Å². The summed E-state index contributed by atoms with van der Waals surface area (Å²) in [6.07, 6.45) is 1.87. The van der Waals surface area contributed by atoms with Crippen LogP contribution in [0.3, 0.4) is 0 Å². The lowest BCUT2D eigenvalue weighted by molar-refractivity contribution is -0.143. The largest absolute Gasteiger partial charge is 0.341 e. The summed E-state index contributed by atoms with van der Waals surface area (Å²) in [5.41, 5.74) is 0. The van der Waals surface area contributed by atoms with E-state index in [0.717, 1.165) is 16.7 Å². The van der Waals surface area contributed by atoms with Gasteiger partial charge in [-0.25, -0.2) is 0 Å². The Bertz CT molecular complexity index is 361. The number of thioether (sulfide) groups is 2. The zero-order valence-corrected chi connectivity index (χ0v) is 10.6. The van der Waals surface area contributed by atoms with Crippen molar-refractivity contribution in [3.8, 4) is 0 Å². The van der Waals surface area contributed by atoms with Crippen LogP contribution in [0.25, 0.3) is 0 Å². The van der Waals surface area contributed by atoms with Gasteiger partial charge in [0.15, 0.2) is 0 Å². The average molecular weight is 260 g/mol. The molecule has 16 heavy (non-hydrogen) atoms. The van der Waals surface area contributed by atoms with Crippen LogP contribution in [0.1, 0.15) is 6.92 Å². The Morgan fingerprint density at radius 2 is 2.19 bits per heavy atom. The van der Waals surface area contributed by atoms with Crippen LogP contribution in [0.2, 0.25) is 0 Å². The smallest absolute Gasteiger partial charge is 0.289 e. The molecule has 3 unspecified atom stereocenters. The predicted molar refractivity (Wildman–Crippen MR) is 63.4 cm³/mol. The maximum Gasteiger partial charge on any atom is 0.289 e. The number of imide groups is 1. The number of hydrogen-bond donors (Lipinski definition) is 1. The van der Waals surface area contributed by atoms with Crippen LogP contribution in [0.5, 0.6) is 0 Å². The fourth-order valence-electron chi connectivity index (χ4n) is 1.77. The topological polar surface area (TPSA) is 66.5 Å². The first-order valence-electron chi connectivity index (χ1n) is 4.89. The second kappa shape index (κ2) is 4.29. The van der Waals surface area contributed by atoms with E-state index in [1.54, 1.807) is 0 Å². The van der Waals surface area contributed by atoms with Crippen LogP contribution in [0.4, 0.5) is 4.79 Å². The van der Waals surface area contributed by atoms with Crippen molar-refractivity contribution < 1.29 is 14.4 Å². The number of carbonyl (C=O) groups excluding carboxylic acids is 3. The van der Waals surface area contributed by atoms with Crippen molar-refractivity contribution in [1.82, 2.24) is 10.2 Å². The van der Waals surface area contributed by atoms with Gasteiger partial charge in [-0.15, -0.1) is 0 Å². The molecule has 2 aliphatic rings. The first kappa shape index (κ1) is 11.8. The monoisotopic (exact) mass is 260 g/mol. The van der Waals surface area contributed by atoms with Gasteiger partial charge >= 0.3 is 0 Å². The predicted octanol–water partition coefficient (Wildman–Crippen LogP) is 0.300. The van der Waals surface area contributed by atoms with Crippen LogP contribution in [0.15, 0.2) is 0 Å². The summed E-state index contributed by atoms with van der Waals surface area (Å²) in [6.45, 7) is 1.86. The molecule has 2 heterocycles. The van der Waals surface area contributed by atoms with Gasteiger partial charge in [0.1, 0.15) is 12.1 Å². The molecule has 88 valence electrons. The van der Waals surface area contributed by atoms with Gasteiger partial charge in [-0.05, 0) is 6.26 Å². The molecule has 2 fully saturated rings. The van der Waals surface area contributed by atoms with E-state index >= 15 is 0 Å². The van der Waals surface area contributed by atoms with Gasteiger partial charge in [-0.2, -0.15) is 11.8 Å². The number of nitrogens with one attached hydrogen (secondary N) is 1. The van der Waals surface area contributed by atoms with Crippen LogP contribution < -0.4 is 5.32 Å². The number of carbonyl (C=O) groups is 3. The highest BCUT2D eigenvalue weighted by molar-refractivity contribution is 8.14. The van der Waals surface area contributed by atoms with Gasteiger partial charge in [0.2, 0.25) is 5.91 Å². The Balaban J connectivity index is 2.25. The maximum absolute atomic E-state index is 12.0. The van der Waals surface area contributed by atoms with E-state index in [9.17, 15) is 14.4 Å². The average Bonchev–Trinajstić information content (AvgIpc) is 2.65. The normalized spacial score (nSPS) is 31.4. The quantitative estimate of drug-likeness (QED) is 0.773. The second-order valence-electron chi connectivity index (χ2n) is 3.73. The van der Waals surface area contributed by atoms with Crippen LogP contribution in [-0.4, -0.2) is 51.3 Å². The second-order valence-corrected chi connectivity index (χ2v) is 5.91. The molecule has 0 aliphatic carbocycles. The minimum atomic E-state index is -0.602. The molecule has 0 aromatic heterocycles. The van der Waals surface area contributed by atoms with E-state index in [2.05, 4.69) is 5.32 Å². The van der Waals surface area contributed by atoms with E-state index in [1.807, 2.05) is 13.2 Å². The van der Waals surface area contributed by atoms with E-state index in [-0.39, 0.29) is 22.3 Å². The Kier molecular flexibility index (Phi) is 3.16. The first-order valence-corrected chi connectivity index (χ1v) is 7.16. The summed E-state index contributed by atoms with van der Waals surface area (Å²) >= 11 is 2.52. The third kappa shape index (κ3) is 1.71. The maximum atomic E-state index is 12.0. The lowest BCUT2D eigenvalue weighted by Gasteiger charge is -2.34. The molecule has 0 spiro atoms. The molecule has 0 saturated carbocycles. The molecule has 2 rings (SSSR count). The van der Waals surface area contributed by atoms with Crippen LogP contribution >= 0.6 is 23.5 Å². The van der Waals surface area contributed by atoms with Crippen molar-refractivity contribution in [1.29, 1.82) is 0 Å². The number of rotatable bonds is 2. The number of fused-ring (bicyclic) bond motifs is 1. The van der Waals surface area contributed by atoms with Gasteiger partial charge in [0.05, 0.1) is 0 Å². The van der Waals surface area contributed by atoms with E-state index < -0.39 is 12.1 Å². The number of hydrogen-bond acceptors (Lipinski definition) is 5. The fourth-order valence-corrected chi connectivity index (χ4v) is 3.19. The Morgan fingerprint density at radius 3 is 2.81 bits per heavy atom. The summed E-state index contributed by atoms with van der Waals surface area (Å²) < 4.78 is 0. The third-order valence-electron chi connectivity index (χ3n) is 2.82. The molecule has 2 aliphatic heterocycles. The molecule has 0 bridgehead atoms. The highest BCUT2D eigenvalue weighted by atomic mass is 32.2. The minimum absolute atomic E-state index is 0.0317. The zero-order valence-electron chi connectivity index (χ0n) is 8.93. The SMILES string of the molecule is CSC(C)C1NC(=O)C2CSC(=O)N2C1=O. The van der Waals surface area contributed by atoms with Crippen molar-refractivity contribution in [3.05, 3.63) is 0 Å². The third-order valence-corrected chi connectivity index (χ3v) is 4.76. The Hall–Kier alpha value is -0.690. The van der Waals surface area contributed by atoms with Crippen LogP contribution in [0, 0.1) is 0 Å². The van der Waals surface area contributed by atoms with Gasteiger partial charge < -0.3 is 5.32 Å². The molecule has 3 amide bonds. The van der Waals surface area contributed by atoms with Crippen molar-refractivity contribution in [2.24, 2.45) is 0 Å². The molecular weight excluding hydrogens is 248 g/mol. The molecule has 0 aromatic carbocycles. The number of nitrogens with zero attached hydrogens (tertiary/aromatic N) is 1. The van der Waals surface area contributed by atoms with E-state index in [4.69, 9.17) is 0 Å². The van der Waals surface area contributed by atoms with Gasteiger partial charge in [0.25, 0.3) is 11.1 Å². The van der Waals surface area contributed by atoms with E-state index in [1.165, 1.54) is 11.8 Å². The lowest BCUT2D eigenvalue weighted by atomic mass is 10.1. The van der Waals surface area contributed by atoms with Gasteiger partial charge in [-0.3, -0.25) is 19.3 Å². The van der Waals surface area contributed by atoms with Crippen LogP contribution in [-0.2, 0) is 9.59 Å². The molecule has 0 aromatic rings. The summed E-state index contributed by atoms with van der Waals surface area (Å²) in [5, 5.41) is 2.36. The standard InChI is InChI=1S/C9H12N2O3S2/c1-4(15-2)6-8(13)11-5(7(12)10-6)3-16-9(11)14/h4-6H,3H2,1-2H3,(H,10,12). The van der Waals surface area contributed by atoms with Crippen molar-refractivity contribution >= 4 is 40.6 Å². The molecular formula is C9H12N2O3S2. The van der Waals surface area contributed by atoms with Gasteiger partial charge in [-0.1, -0.05) is 18.7 Å². The molecule has 3 atom stereocenters. The summed E-state index contributed by atoms with van der Waals surface area (Å²) in [7, 11) is 0. The highest BCUT2D eigenvalue weighted by Gasteiger charge is 2.49. The summed E-state index contributed by atoms with van der Waals surface area (Å²) in [5.74, 6) is -0.123. The molecule has 0 radical (unpaired) electrons. The van der Waals surface area contributed by atoms with Gasteiger partial charge in [0, 0.05) is 11.0 Å². The van der Waals surface area contributed by atoms with Crippen molar-refractivity contribution in [2.75, 3.05) is 12.0 Å². The molecule has 2 saturated heterocycles. The summed E-state index contributed by atoms with van der Waals surface area (Å²) in [4.78, 5) is 36.4. The summed E-state index contributed by atoms with van der Waals surface area (Å²) in [6, 6.07) is -1.18. The van der Waals surface area contributed by atoms with Crippen molar-refractivity contribution in [3.63, 3.8) is 0 Å². The van der Waals surface area contributed by atoms with Crippen molar-refractivity contribution in [2.45, 2.75) is 24.3 Å². The molecule has 5 nitrogen and oxygen atoms in total. The number of amides is 3.